The largest absolute Gasteiger partial charge is 0.478 e. The molecule has 0 spiro atoms. The van der Waals surface area contributed by atoms with Gasteiger partial charge in [-0.05, 0) is 6.92 Å². The molecule has 0 unspecified atom stereocenters. The summed E-state index contributed by atoms with van der Waals surface area (Å²) < 4.78 is 10.4. The van der Waals surface area contributed by atoms with Crippen LogP contribution in [-0.2, 0) is 11.2 Å². The van der Waals surface area contributed by atoms with E-state index in [1.807, 2.05) is 12.3 Å². The molecule has 0 aromatic carbocycles. The Morgan fingerprint density at radius 1 is 1.61 bits per heavy atom. The number of hydrogen-bond donors (Lipinski definition) is 1. The maximum atomic E-state index is 10.7. The Morgan fingerprint density at radius 2 is 2.44 bits per heavy atom. The Kier molecular flexibility index (Phi) is 4.11. The monoisotopic (exact) mass is 267 g/mol. The molecule has 2 heterocycles. The first kappa shape index (κ1) is 12.8. The molecule has 0 aliphatic heterocycles. The van der Waals surface area contributed by atoms with Crippen molar-refractivity contribution in [1.82, 2.24) is 4.98 Å². The molecule has 1 N–H and O–H groups in total. The summed E-state index contributed by atoms with van der Waals surface area (Å²) >= 11 is 1.51. The van der Waals surface area contributed by atoms with Gasteiger partial charge in [0.2, 0.25) is 0 Å². The Labute approximate surface area is 108 Å². The maximum Gasteiger partial charge on any atom is 0.338 e. The fourth-order valence-electron chi connectivity index (χ4n) is 1.43. The summed E-state index contributed by atoms with van der Waals surface area (Å²) in [6, 6.07) is 1.48. The maximum absolute atomic E-state index is 10.7. The SMILES string of the molecule is CCOCCc1nc(-c2cc(C(=O)O)co2)cs1. The second kappa shape index (κ2) is 5.79. The number of nitrogens with zero attached hydrogens (tertiary/aromatic N) is 1. The molecule has 6 heteroatoms. The molecule has 0 saturated heterocycles. The minimum atomic E-state index is -1.00. The van der Waals surface area contributed by atoms with Gasteiger partial charge < -0.3 is 14.3 Å². The van der Waals surface area contributed by atoms with E-state index in [4.69, 9.17) is 14.3 Å². The van der Waals surface area contributed by atoms with Gasteiger partial charge in [-0.15, -0.1) is 11.3 Å². The molecule has 0 atom stereocenters. The molecule has 2 rings (SSSR count). The first-order valence-electron chi connectivity index (χ1n) is 5.55. The van der Waals surface area contributed by atoms with Crippen molar-refractivity contribution in [3.63, 3.8) is 0 Å². The van der Waals surface area contributed by atoms with Crippen LogP contribution >= 0.6 is 11.3 Å². The highest BCUT2D eigenvalue weighted by Crippen LogP contribution is 2.24. The van der Waals surface area contributed by atoms with Crippen molar-refractivity contribution in [3.05, 3.63) is 28.3 Å². The van der Waals surface area contributed by atoms with Crippen LogP contribution in [0.5, 0.6) is 0 Å². The van der Waals surface area contributed by atoms with Gasteiger partial charge in [0.05, 0.1) is 17.2 Å². The van der Waals surface area contributed by atoms with Crippen molar-refractivity contribution in [1.29, 1.82) is 0 Å². The van der Waals surface area contributed by atoms with E-state index in [0.29, 0.717) is 24.7 Å². The van der Waals surface area contributed by atoms with Crippen molar-refractivity contribution in [2.24, 2.45) is 0 Å². The summed E-state index contributed by atoms with van der Waals surface area (Å²) in [6.07, 6.45) is 1.97. The number of thiazole rings is 1. The van der Waals surface area contributed by atoms with E-state index in [0.717, 1.165) is 11.4 Å². The minimum absolute atomic E-state index is 0.133. The fourth-order valence-corrected chi connectivity index (χ4v) is 2.19. The Bertz CT molecular complexity index is 532. The van der Waals surface area contributed by atoms with Crippen LogP contribution in [0, 0.1) is 0 Å². The Hall–Kier alpha value is -1.66. The van der Waals surface area contributed by atoms with Crippen LogP contribution < -0.4 is 0 Å². The van der Waals surface area contributed by atoms with Crippen molar-refractivity contribution in [3.8, 4) is 11.5 Å². The molecular formula is C12H13NO4S. The average Bonchev–Trinajstić information content (AvgIpc) is 2.97. The number of rotatable bonds is 6. The van der Waals surface area contributed by atoms with Crippen LogP contribution in [0.4, 0.5) is 0 Å². The number of furan rings is 1. The second-order valence-corrected chi connectivity index (χ2v) is 4.52. The van der Waals surface area contributed by atoms with Gasteiger partial charge in [0, 0.05) is 24.5 Å². The number of carbonyl (C=O) groups is 1. The summed E-state index contributed by atoms with van der Waals surface area (Å²) in [7, 11) is 0. The lowest BCUT2D eigenvalue weighted by Gasteiger charge is -1.96. The highest BCUT2D eigenvalue weighted by molar-refractivity contribution is 7.09. The predicted molar refractivity (Wildman–Crippen MR) is 67.0 cm³/mol. The number of carboxylic acid groups (broad SMARTS) is 1. The third-order valence-electron chi connectivity index (χ3n) is 2.31. The lowest BCUT2D eigenvalue weighted by molar-refractivity contribution is 0.0696. The van der Waals surface area contributed by atoms with Crippen molar-refractivity contribution in [2.45, 2.75) is 13.3 Å². The summed E-state index contributed by atoms with van der Waals surface area (Å²) in [4.78, 5) is 15.1. The zero-order chi connectivity index (χ0) is 13.0. The van der Waals surface area contributed by atoms with E-state index < -0.39 is 5.97 Å². The summed E-state index contributed by atoms with van der Waals surface area (Å²) in [5.74, 6) is -0.525. The van der Waals surface area contributed by atoms with Crippen LogP contribution in [-0.4, -0.2) is 29.3 Å². The molecule has 0 aliphatic carbocycles. The Morgan fingerprint density at radius 3 is 3.11 bits per heavy atom. The second-order valence-electron chi connectivity index (χ2n) is 3.58. The third kappa shape index (κ3) is 2.96. The highest BCUT2D eigenvalue weighted by Gasteiger charge is 2.12. The standard InChI is InChI=1S/C12H13NO4S/c1-2-16-4-3-11-13-9(7-18-11)10-5-8(6-17-10)12(14)15/h5-7H,2-4H2,1H3,(H,14,15). The molecule has 0 fully saturated rings. The zero-order valence-electron chi connectivity index (χ0n) is 9.88. The van der Waals surface area contributed by atoms with Crippen molar-refractivity contribution in [2.75, 3.05) is 13.2 Å². The number of carboxylic acids is 1. The van der Waals surface area contributed by atoms with Crippen LogP contribution in [0.2, 0.25) is 0 Å². The first-order valence-corrected chi connectivity index (χ1v) is 6.43. The highest BCUT2D eigenvalue weighted by atomic mass is 32.1. The summed E-state index contributed by atoms with van der Waals surface area (Å²) in [5.41, 5.74) is 0.799. The summed E-state index contributed by atoms with van der Waals surface area (Å²) in [6.45, 7) is 3.28. The van der Waals surface area contributed by atoms with E-state index in [1.165, 1.54) is 23.7 Å². The molecular weight excluding hydrogens is 254 g/mol. The van der Waals surface area contributed by atoms with Gasteiger partial charge in [-0.1, -0.05) is 0 Å². The molecule has 0 amide bonds. The van der Waals surface area contributed by atoms with Crippen LogP contribution in [0.3, 0.4) is 0 Å². The van der Waals surface area contributed by atoms with Gasteiger partial charge in [-0.25, -0.2) is 9.78 Å². The molecule has 18 heavy (non-hydrogen) atoms. The predicted octanol–water partition coefficient (Wildman–Crippen LogP) is 2.68. The third-order valence-corrected chi connectivity index (χ3v) is 3.22. The quantitative estimate of drug-likeness (QED) is 0.815. The zero-order valence-corrected chi connectivity index (χ0v) is 10.7. The van der Waals surface area contributed by atoms with E-state index in [-0.39, 0.29) is 5.56 Å². The normalized spacial score (nSPS) is 10.7. The van der Waals surface area contributed by atoms with Crippen LogP contribution in [0.15, 0.2) is 22.1 Å². The molecule has 0 radical (unpaired) electrons. The molecule has 0 saturated carbocycles. The van der Waals surface area contributed by atoms with E-state index in [1.54, 1.807) is 0 Å². The number of aromatic nitrogens is 1. The first-order chi connectivity index (χ1) is 8.70. The lowest BCUT2D eigenvalue weighted by atomic mass is 10.3. The number of aromatic carboxylic acids is 1. The Balaban J connectivity index is 2.06. The number of ether oxygens (including phenoxy) is 1. The molecule has 2 aromatic heterocycles. The van der Waals surface area contributed by atoms with E-state index >= 15 is 0 Å². The van der Waals surface area contributed by atoms with Gasteiger partial charge >= 0.3 is 5.97 Å². The fraction of sp³-hybridized carbons (Fsp3) is 0.333. The van der Waals surface area contributed by atoms with Crippen molar-refractivity contribution >= 4 is 17.3 Å². The van der Waals surface area contributed by atoms with Crippen LogP contribution in [0.25, 0.3) is 11.5 Å². The summed E-state index contributed by atoms with van der Waals surface area (Å²) in [5, 5.41) is 11.6. The lowest BCUT2D eigenvalue weighted by Crippen LogP contribution is -1.97. The van der Waals surface area contributed by atoms with Gasteiger partial charge in [0.15, 0.2) is 5.76 Å². The van der Waals surface area contributed by atoms with Gasteiger partial charge in [0.25, 0.3) is 0 Å². The average molecular weight is 267 g/mol. The van der Waals surface area contributed by atoms with Gasteiger partial charge in [-0.2, -0.15) is 0 Å². The van der Waals surface area contributed by atoms with Crippen LogP contribution in [0.1, 0.15) is 22.3 Å². The minimum Gasteiger partial charge on any atom is -0.478 e. The number of hydrogen-bond acceptors (Lipinski definition) is 5. The van der Waals surface area contributed by atoms with Gasteiger partial charge in [0.1, 0.15) is 12.0 Å². The molecule has 96 valence electrons. The van der Waals surface area contributed by atoms with Crippen molar-refractivity contribution < 1.29 is 19.1 Å². The molecule has 5 nitrogen and oxygen atoms in total. The molecule has 0 aliphatic rings. The smallest absolute Gasteiger partial charge is 0.338 e. The topological polar surface area (TPSA) is 72.6 Å². The van der Waals surface area contributed by atoms with E-state index in [9.17, 15) is 4.79 Å². The molecule has 0 bridgehead atoms. The van der Waals surface area contributed by atoms with Gasteiger partial charge in [-0.3, -0.25) is 0 Å². The molecule has 2 aromatic rings. The van der Waals surface area contributed by atoms with E-state index in [2.05, 4.69) is 4.98 Å².